The number of halogens is 1. The molecule has 2 aromatic carbocycles. The second kappa shape index (κ2) is 12.9. The van der Waals surface area contributed by atoms with Gasteiger partial charge in [-0.05, 0) is 67.2 Å². The summed E-state index contributed by atoms with van der Waals surface area (Å²) in [6, 6.07) is 21.5. The first-order valence-electron chi connectivity index (χ1n) is 15.2. The van der Waals surface area contributed by atoms with Gasteiger partial charge in [-0.15, -0.1) is 0 Å². The molecule has 0 aliphatic heterocycles. The van der Waals surface area contributed by atoms with Crippen molar-refractivity contribution in [3.8, 4) is 33.8 Å². The number of pyridine rings is 3. The highest BCUT2D eigenvalue weighted by molar-refractivity contribution is 6.01. The Morgan fingerprint density at radius 3 is 2.50 bits per heavy atom. The third-order valence-corrected chi connectivity index (χ3v) is 7.94. The molecule has 0 unspecified atom stereocenters. The van der Waals surface area contributed by atoms with E-state index in [1.807, 2.05) is 62.9 Å². The highest BCUT2D eigenvalue weighted by Gasteiger charge is 2.16. The summed E-state index contributed by atoms with van der Waals surface area (Å²) in [5.41, 5.74) is 9.61. The Labute approximate surface area is 266 Å². The molecule has 0 saturated carbocycles. The van der Waals surface area contributed by atoms with E-state index in [2.05, 4.69) is 58.9 Å². The molecule has 0 radical (unpaired) electrons. The molecule has 0 bridgehead atoms. The molecular formula is C36H34FN9. The highest BCUT2D eigenvalue weighted by atomic mass is 19.1. The number of hydrogen-bond donors (Lipinski definition) is 4. The van der Waals surface area contributed by atoms with Gasteiger partial charge in [0.05, 0.1) is 34.8 Å². The van der Waals surface area contributed by atoms with E-state index in [0.717, 1.165) is 79.9 Å². The van der Waals surface area contributed by atoms with E-state index in [4.69, 9.17) is 4.98 Å². The maximum atomic E-state index is 14.7. The lowest BCUT2D eigenvalue weighted by atomic mass is 10.0. The summed E-state index contributed by atoms with van der Waals surface area (Å²) >= 11 is 0. The van der Waals surface area contributed by atoms with E-state index in [0.29, 0.717) is 13.1 Å². The van der Waals surface area contributed by atoms with Crippen LogP contribution in [0.25, 0.3) is 55.6 Å². The topological polar surface area (TPSA) is 110 Å². The van der Waals surface area contributed by atoms with Crippen LogP contribution in [-0.4, -0.2) is 62.2 Å². The standard InChI is InChI=1S/C36H34FN9/c1-46(2)9-8-41-28-12-25(11-27(37)13-28)31-20-40-21-34-29(31)14-33(43-34)36-30-15-32(42-22-35(30)44-45-36)26-10-24(18-39-19-26)17-38-16-23-6-4-3-5-7-23/h3-7,10-15,18-22,38,41,43H,8-9,16-17H2,1-2H3,(H,44,45). The minimum Gasteiger partial charge on any atom is -0.384 e. The van der Waals surface area contributed by atoms with Crippen molar-refractivity contribution in [3.63, 3.8) is 0 Å². The molecule has 5 heterocycles. The largest absolute Gasteiger partial charge is 0.384 e. The Morgan fingerprint density at radius 2 is 1.63 bits per heavy atom. The van der Waals surface area contributed by atoms with Crippen LogP contribution in [0.3, 0.4) is 0 Å². The number of fused-ring (bicyclic) bond motifs is 2. The summed E-state index contributed by atoms with van der Waals surface area (Å²) < 4.78 is 14.7. The summed E-state index contributed by atoms with van der Waals surface area (Å²) in [4.78, 5) is 19.2. The number of benzene rings is 2. The van der Waals surface area contributed by atoms with E-state index < -0.39 is 0 Å². The monoisotopic (exact) mass is 611 g/mol. The lowest BCUT2D eigenvalue weighted by Gasteiger charge is -2.13. The Bertz CT molecular complexity index is 2120. The minimum atomic E-state index is -0.304. The molecule has 0 spiro atoms. The molecule has 0 aliphatic rings. The highest BCUT2D eigenvalue weighted by Crippen LogP contribution is 2.35. The normalized spacial score (nSPS) is 11.6. The van der Waals surface area contributed by atoms with E-state index in [9.17, 15) is 4.39 Å². The van der Waals surface area contributed by atoms with Gasteiger partial charge in [-0.1, -0.05) is 30.3 Å². The second-order valence-corrected chi connectivity index (χ2v) is 11.6. The van der Waals surface area contributed by atoms with Crippen molar-refractivity contribution in [1.82, 2.24) is 40.3 Å². The summed E-state index contributed by atoms with van der Waals surface area (Å²) in [6.07, 6.45) is 9.06. The first-order chi connectivity index (χ1) is 22.5. The quantitative estimate of drug-likeness (QED) is 0.130. The summed E-state index contributed by atoms with van der Waals surface area (Å²) in [5.74, 6) is -0.304. The molecule has 0 fully saturated rings. The van der Waals surface area contributed by atoms with Crippen molar-refractivity contribution in [2.75, 3.05) is 32.5 Å². The zero-order chi connectivity index (χ0) is 31.5. The number of hydrogen-bond acceptors (Lipinski definition) is 7. The number of likely N-dealkylation sites (N-methyl/N-ethyl adjacent to an activating group) is 1. The zero-order valence-corrected chi connectivity index (χ0v) is 25.7. The Hall–Kier alpha value is -5.45. The fourth-order valence-corrected chi connectivity index (χ4v) is 5.63. The molecule has 0 atom stereocenters. The molecule has 9 nitrogen and oxygen atoms in total. The minimum absolute atomic E-state index is 0.304. The predicted octanol–water partition coefficient (Wildman–Crippen LogP) is 6.63. The van der Waals surface area contributed by atoms with Crippen molar-refractivity contribution < 1.29 is 4.39 Å². The lowest BCUT2D eigenvalue weighted by molar-refractivity contribution is 0.425. The van der Waals surface area contributed by atoms with E-state index >= 15 is 0 Å². The molecule has 10 heteroatoms. The fraction of sp³-hybridized carbons (Fsp3) is 0.167. The van der Waals surface area contributed by atoms with Crippen LogP contribution < -0.4 is 10.6 Å². The van der Waals surface area contributed by atoms with Crippen LogP contribution in [0.5, 0.6) is 0 Å². The molecular weight excluding hydrogens is 577 g/mol. The van der Waals surface area contributed by atoms with Gasteiger partial charge in [-0.2, -0.15) is 5.10 Å². The average molecular weight is 612 g/mol. The maximum absolute atomic E-state index is 14.7. The van der Waals surface area contributed by atoms with E-state index in [-0.39, 0.29) is 5.82 Å². The van der Waals surface area contributed by atoms with Gasteiger partial charge >= 0.3 is 0 Å². The van der Waals surface area contributed by atoms with Gasteiger partial charge in [0, 0.05) is 72.4 Å². The SMILES string of the molecule is CN(C)CCNc1cc(F)cc(-c2cncc3[nH]c(-c4n[nH]c5cnc(-c6cncc(CNCc7ccccc7)c6)cc45)cc23)c1. The lowest BCUT2D eigenvalue weighted by Crippen LogP contribution is -2.20. The molecule has 5 aromatic heterocycles. The van der Waals surface area contributed by atoms with E-state index in [1.54, 1.807) is 24.7 Å². The molecule has 7 aromatic rings. The predicted molar refractivity (Wildman–Crippen MR) is 182 cm³/mol. The number of H-pyrrole nitrogens is 2. The maximum Gasteiger partial charge on any atom is 0.125 e. The van der Waals surface area contributed by atoms with Crippen LogP contribution in [0.1, 0.15) is 11.1 Å². The first-order valence-corrected chi connectivity index (χ1v) is 15.2. The van der Waals surface area contributed by atoms with Crippen molar-refractivity contribution in [2.24, 2.45) is 0 Å². The second-order valence-electron chi connectivity index (χ2n) is 11.6. The van der Waals surface area contributed by atoms with Gasteiger partial charge < -0.3 is 20.5 Å². The third-order valence-electron chi connectivity index (χ3n) is 7.94. The smallest absolute Gasteiger partial charge is 0.125 e. The van der Waals surface area contributed by atoms with Crippen LogP contribution in [0.2, 0.25) is 0 Å². The zero-order valence-electron chi connectivity index (χ0n) is 25.7. The van der Waals surface area contributed by atoms with Crippen molar-refractivity contribution >= 4 is 27.5 Å². The van der Waals surface area contributed by atoms with Crippen molar-refractivity contribution in [3.05, 3.63) is 115 Å². The average Bonchev–Trinajstić information content (AvgIpc) is 3.69. The van der Waals surface area contributed by atoms with Gasteiger partial charge in [0.1, 0.15) is 11.5 Å². The van der Waals surface area contributed by atoms with E-state index in [1.165, 1.54) is 11.6 Å². The number of anilines is 1. The van der Waals surface area contributed by atoms with Gasteiger partial charge in [-0.25, -0.2) is 4.39 Å². The Balaban J connectivity index is 1.17. The number of aromatic amines is 2. The molecule has 0 amide bonds. The number of nitrogens with one attached hydrogen (secondary N) is 4. The summed E-state index contributed by atoms with van der Waals surface area (Å²) in [6.45, 7) is 3.02. The summed E-state index contributed by atoms with van der Waals surface area (Å²) in [5, 5.41) is 16.4. The van der Waals surface area contributed by atoms with Crippen molar-refractivity contribution in [2.45, 2.75) is 13.1 Å². The van der Waals surface area contributed by atoms with Gasteiger partial charge in [0.25, 0.3) is 0 Å². The van der Waals surface area contributed by atoms with Crippen LogP contribution in [-0.2, 0) is 13.1 Å². The van der Waals surface area contributed by atoms with Gasteiger partial charge in [-0.3, -0.25) is 20.1 Å². The molecule has 7 rings (SSSR count). The van der Waals surface area contributed by atoms with Crippen LogP contribution >= 0.6 is 0 Å². The molecule has 230 valence electrons. The fourth-order valence-electron chi connectivity index (χ4n) is 5.63. The number of rotatable bonds is 11. The first kappa shape index (κ1) is 29.3. The number of aromatic nitrogens is 6. The van der Waals surface area contributed by atoms with Crippen LogP contribution in [0.4, 0.5) is 10.1 Å². The summed E-state index contributed by atoms with van der Waals surface area (Å²) in [7, 11) is 4.02. The Kier molecular flexibility index (Phi) is 8.20. The molecule has 4 N–H and O–H groups in total. The van der Waals surface area contributed by atoms with Gasteiger partial charge in [0.2, 0.25) is 0 Å². The third kappa shape index (κ3) is 6.35. The Morgan fingerprint density at radius 1 is 0.783 bits per heavy atom. The van der Waals surface area contributed by atoms with Crippen LogP contribution in [0, 0.1) is 5.82 Å². The molecule has 0 aliphatic carbocycles. The van der Waals surface area contributed by atoms with Crippen LogP contribution in [0.15, 0.2) is 97.7 Å². The van der Waals surface area contributed by atoms with Crippen molar-refractivity contribution in [1.29, 1.82) is 0 Å². The molecule has 0 saturated heterocycles. The molecule has 46 heavy (non-hydrogen) atoms. The number of nitrogens with zero attached hydrogens (tertiary/aromatic N) is 5. The van der Waals surface area contributed by atoms with Gasteiger partial charge in [0.15, 0.2) is 0 Å².